The number of furan rings is 1. The summed E-state index contributed by atoms with van der Waals surface area (Å²) in [4.78, 5) is 24.7. The molecule has 0 N–H and O–H groups in total. The molecule has 1 aliphatic heterocycles. The Labute approximate surface area is 139 Å². The fraction of sp³-hybridized carbons (Fsp3) is 0.500. The van der Waals surface area contributed by atoms with Crippen LogP contribution in [0.5, 0.6) is 0 Å². The van der Waals surface area contributed by atoms with E-state index in [9.17, 15) is 14.9 Å². The van der Waals surface area contributed by atoms with Gasteiger partial charge in [-0.15, -0.1) is 0 Å². The van der Waals surface area contributed by atoms with Gasteiger partial charge in [0, 0.05) is 19.5 Å². The molecule has 1 aliphatic rings. The Morgan fingerprint density at radius 1 is 1.54 bits per heavy atom. The number of likely N-dealkylation sites (tertiary alicyclic amines) is 1. The van der Waals surface area contributed by atoms with E-state index < -0.39 is 4.92 Å². The van der Waals surface area contributed by atoms with Gasteiger partial charge >= 0.3 is 5.69 Å². The molecule has 0 aliphatic carbocycles. The SMILES string of the molecule is C[C@H]1CCN(C(=O)CCn2cc([N+](=O)[O-])cn2)[C@H](c2ccco2)C1. The monoisotopic (exact) mass is 332 g/mol. The van der Waals surface area contributed by atoms with E-state index in [1.165, 1.54) is 17.1 Å². The highest BCUT2D eigenvalue weighted by molar-refractivity contribution is 5.76. The molecular weight excluding hydrogens is 312 g/mol. The molecule has 0 saturated carbocycles. The fourth-order valence-electron chi connectivity index (χ4n) is 3.11. The van der Waals surface area contributed by atoms with Gasteiger partial charge in [0.05, 0.1) is 17.2 Å². The lowest BCUT2D eigenvalue weighted by Gasteiger charge is -2.37. The van der Waals surface area contributed by atoms with Crippen molar-refractivity contribution < 1.29 is 14.1 Å². The maximum Gasteiger partial charge on any atom is 0.306 e. The quantitative estimate of drug-likeness (QED) is 0.620. The highest BCUT2D eigenvalue weighted by Gasteiger charge is 2.32. The molecule has 0 bridgehead atoms. The van der Waals surface area contributed by atoms with Crippen molar-refractivity contribution in [3.05, 3.63) is 46.7 Å². The van der Waals surface area contributed by atoms with Crippen LogP contribution in [0, 0.1) is 16.0 Å². The third-order valence-electron chi connectivity index (χ3n) is 4.44. The Kier molecular flexibility index (Phi) is 4.64. The zero-order chi connectivity index (χ0) is 17.1. The Morgan fingerprint density at radius 2 is 2.38 bits per heavy atom. The molecule has 3 heterocycles. The number of carbonyl (C=O) groups is 1. The Morgan fingerprint density at radius 3 is 3.04 bits per heavy atom. The van der Waals surface area contributed by atoms with Crippen LogP contribution in [0.25, 0.3) is 0 Å². The van der Waals surface area contributed by atoms with Gasteiger partial charge in [0.15, 0.2) is 0 Å². The number of rotatable bonds is 5. The van der Waals surface area contributed by atoms with E-state index >= 15 is 0 Å². The summed E-state index contributed by atoms with van der Waals surface area (Å²) < 4.78 is 6.94. The molecule has 1 fully saturated rings. The van der Waals surface area contributed by atoms with Crippen molar-refractivity contribution in [2.24, 2.45) is 5.92 Å². The fourth-order valence-corrected chi connectivity index (χ4v) is 3.11. The van der Waals surface area contributed by atoms with Gasteiger partial charge in [-0.1, -0.05) is 6.92 Å². The molecule has 1 amide bonds. The Bertz CT molecular complexity index is 709. The van der Waals surface area contributed by atoms with Gasteiger partial charge in [-0.3, -0.25) is 19.6 Å². The van der Waals surface area contributed by atoms with Crippen LogP contribution in [0.3, 0.4) is 0 Å². The number of amides is 1. The van der Waals surface area contributed by atoms with Gasteiger partial charge in [-0.2, -0.15) is 5.10 Å². The lowest BCUT2D eigenvalue weighted by Crippen LogP contribution is -2.40. The van der Waals surface area contributed by atoms with Crippen molar-refractivity contribution in [2.75, 3.05) is 6.54 Å². The maximum atomic E-state index is 12.6. The van der Waals surface area contributed by atoms with E-state index in [-0.39, 0.29) is 24.1 Å². The van der Waals surface area contributed by atoms with Gasteiger partial charge < -0.3 is 9.32 Å². The molecule has 2 aromatic heterocycles. The molecule has 8 heteroatoms. The second-order valence-electron chi connectivity index (χ2n) is 6.22. The van der Waals surface area contributed by atoms with Crippen LogP contribution in [0.1, 0.15) is 38.0 Å². The maximum absolute atomic E-state index is 12.6. The topological polar surface area (TPSA) is 94.4 Å². The Balaban J connectivity index is 1.64. The van der Waals surface area contributed by atoms with Gasteiger partial charge in [0.2, 0.25) is 5.91 Å². The first-order valence-electron chi connectivity index (χ1n) is 8.04. The standard InChI is InChI=1S/C16H20N4O4/c1-12-4-7-19(14(9-12)15-3-2-8-24-15)16(21)5-6-18-11-13(10-17-18)20(22)23/h2-3,8,10-12,14H,4-7,9H2,1H3/t12-,14-/m0/s1. The van der Waals surface area contributed by atoms with Crippen molar-refractivity contribution >= 4 is 11.6 Å². The van der Waals surface area contributed by atoms with Crippen LogP contribution < -0.4 is 0 Å². The first kappa shape index (κ1) is 16.2. The summed E-state index contributed by atoms with van der Waals surface area (Å²) in [7, 11) is 0. The van der Waals surface area contributed by atoms with Crippen LogP contribution in [0.15, 0.2) is 35.2 Å². The third kappa shape index (κ3) is 3.47. The van der Waals surface area contributed by atoms with E-state index in [1.54, 1.807) is 6.26 Å². The highest BCUT2D eigenvalue weighted by Crippen LogP contribution is 2.34. The number of nitrogens with zero attached hydrogens (tertiary/aromatic N) is 4. The molecule has 0 radical (unpaired) electrons. The van der Waals surface area contributed by atoms with E-state index in [4.69, 9.17) is 4.42 Å². The minimum absolute atomic E-state index is 0.0152. The summed E-state index contributed by atoms with van der Waals surface area (Å²) in [5.74, 6) is 1.36. The largest absolute Gasteiger partial charge is 0.467 e. The molecule has 128 valence electrons. The molecule has 0 unspecified atom stereocenters. The van der Waals surface area contributed by atoms with Crippen molar-refractivity contribution in [1.82, 2.24) is 14.7 Å². The molecule has 0 aromatic carbocycles. The highest BCUT2D eigenvalue weighted by atomic mass is 16.6. The van der Waals surface area contributed by atoms with Crippen LogP contribution in [-0.2, 0) is 11.3 Å². The number of hydrogen-bond acceptors (Lipinski definition) is 5. The average molecular weight is 332 g/mol. The van der Waals surface area contributed by atoms with Crippen molar-refractivity contribution in [2.45, 2.75) is 38.8 Å². The van der Waals surface area contributed by atoms with E-state index in [0.717, 1.165) is 18.6 Å². The zero-order valence-electron chi connectivity index (χ0n) is 13.5. The smallest absolute Gasteiger partial charge is 0.306 e. The molecular formula is C16H20N4O4. The van der Waals surface area contributed by atoms with Crippen LogP contribution in [0.4, 0.5) is 5.69 Å². The first-order chi connectivity index (χ1) is 11.5. The van der Waals surface area contributed by atoms with Gasteiger partial charge in [-0.25, -0.2) is 0 Å². The van der Waals surface area contributed by atoms with Gasteiger partial charge in [0.25, 0.3) is 0 Å². The lowest BCUT2D eigenvalue weighted by molar-refractivity contribution is -0.385. The van der Waals surface area contributed by atoms with Crippen LogP contribution in [-0.4, -0.2) is 32.1 Å². The third-order valence-corrected chi connectivity index (χ3v) is 4.44. The van der Waals surface area contributed by atoms with Crippen molar-refractivity contribution in [3.8, 4) is 0 Å². The number of piperidine rings is 1. The second-order valence-corrected chi connectivity index (χ2v) is 6.22. The van der Waals surface area contributed by atoms with E-state index in [1.807, 2.05) is 17.0 Å². The van der Waals surface area contributed by atoms with E-state index in [0.29, 0.717) is 19.0 Å². The number of aromatic nitrogens is 2. The van der Waals surface area contributed by atoms with Crippen LogP contribution in [0.2, 0.25) is 0 Å². The van der Waals surface area contributed by atoms with Crippen molar-refractivity contribution in [3.63, 3.8) is 0 Å². The number of carbonyl (C=O) groups excluding carboxylic acids is 1. The molecule has 8 nitrogen and oxygen atoms in total. The van der Waals surface area contributed by atoms with Gasteiger partial charge in [-0.05, 0) is 30.9 Å². The first-order valence-corrected chi connectivity index (χ1v) is 8.04. The normalized spacial score (nSPS) is 21.0. The summed E-state index contributed by atoms with van der Waals surface area (Å²) >= 11 is 0. The minimum Gasteiger partial charge on any atom is -0.467 e. The van der Waals surface area contributed by atoms with Crippen molar-refractivity contribution in [1.29, 1.82) is 0 Å². The summed E-state index contributed by atoms with van der Waals surface area (Å²) in [6, 6.07) is 3.70. The lowest BCUT2D eigenvalue weighted by atomic mass is 9.91. The van der Waals surface area contributed by atoms with Gasteiger partial charge in [0.1, 0.15) is 18.2 Å². The average Bonchev–Trinajstić information content (AvgIpc) is 3.24. The summed E-state index contributed by atoms with van der Waals surface area (Å²) in [6.45, 7) is 3.20. The molecule has 1 saturated heterocycles. The summed E-state index contributed by atoms with van der Waals surface area (Å²) in [5.41, 5.74) is -0.0669. The molecule has 24 heavy (non-hydrogen) atoms. The molecule has 0 spiro atoms. The predicted octanol–water partition coefficient (Wildman–Crippen LogP) is 2.77. The number of hydrogen-bond donors (Lipinski definition) is 0. The minimum atomic E-state index is -0.496. The zero-order valence-corrected chi connectivity index (χ0v) is 13.5. The second kappa shape index (κ2) is 6.86. The Hall–Kier alpha value is -2.64. The summed E-state index contributed by atoms with van der Waals surface area (Å²) in [5, 5.41) is 14.6. The van der Waals surface area contributed by atoms with Crippen LogP contribution >= 0.6 is 0 Å². The number of nitro groups is 1. The molecule has 2 atom stereocenters. The molecule has 3 rings (SSSR count). The van der Waals surface area contributed by atoms with E-state index in [2.05, 4.69) is 12.0 Å². The number of aryl methyl sites for hydroxylation is 1. The molecule has 2 aromatic rings. The predicted molar refractivity (Wildman–Crippen MR) is 85.1 cm³/mol. The summed E-state index contributed by atoms with van der Waals surface area (Å²) in [6.07, 6.45) is 6.27.